The van der Waals surface area contributed by atoms with Crippen LogP contribution in [-0.2, 0) is 13.2 Å². The standard InChI is InChI=1S/C22H22N4O4/c1-25(2)14-13-19-20(26(27)28)21(29-15-17-9-5-3-6-10-17)24-22(23-19)30-16-18-11-7-4-8-12-18/h3-14H,15-16H2,1-2H3/b14-13+. The van der Waals surface area contributed by atoms with Crippen molar-refractivity contribution in [2.75, 3.05) is 14.1 Å². The van der Waals surface area contributed by atoms with Gasteiger partial charge in [-0.3, -0.25) is 10.1 Å². The summed E-state index contributed by atoms with van der Waals surface area (Å²) in [5.74, 6) is -0.139. The summed E-state index contributed by atoms with van der Waals surface area (Å²) >= 11 is 0. The van der Waals surface area contributed by atoms with E-state index in [0.717, 1.165) is 11.1 Å². The van der Waals surface area contributed by atoms with E-state index in [1.165, 1.54) is 6.08 Å². The van der Waals surface area contributed by atoms with Gasteiger partial charge in [0.1, 0.15) is 13.2 Å². The fraction of sp³-hybridized carbons (Fsp3) is 0.182. The van der Waals surface area contributed by atoms with Gasteiger partial charge in [-0.25, -0.2) is 0 Å². The Kier molecular flexibility index (Phi) is 6.94. The van der Waals surface area contributed by atoms with E-state index in [-0.39, 0.29) is 36.5 Å². The van der Waals surface area contributed by atoms with Crippen molar-refractivity contribution in [2.45, 2.75) is 13.2 Å². The Hall–Kier alpha value is -3.94. The largest absolute Gasteiger partial charge is 0.468 e. The van der Waals surface area contributed by atoms with Crippen LogP contribution in [-0.4, -0.2) is 33.9 Å². The molecule has 0 bridgehead atoms. The fourth-order valence-electron chi connectivity index (χ4n) is 2.55. The number of nitrogens with zero attached hydrogens (tertiary/aromatic N) is 4. The van der Waals surface area contributed by atoms with E-state index in [0.29, 0.717) is 0 Å². The maximum atomic E-state index is 11.7. The molecule has 0 saturated heterocycles. The lowest BCUT2D eigenvalue weighted by molar-refractivity contribution is -0.386. The van der Waals surface area contributed by atoms with Gasteiger partial charge in [-0.2, -0.15) is 9.97 Å². The van der Waals surface area contributed by atoms with E-state index in [4.69, 9.17) is 9.47 Å². The topological polar surface area (TPSA) is 90.6 Å². The van der Waals surface area contributed by atoms with Crippen LogP contribution in [0.1, 0.15) is 16.8 Å². The Labute approximate surface area is 174 Å². The second-order valence-corrected chi connectivity index (χ2v) is 6.63. The predicted octanol–water partition coefficient (Wildman–Crippen LogP) is 4.08. The molecule has 1 aromatic heterocycles. The van der Waals surface area contributed by atoms with Crippen LogP contribution in [0.3, 0.4) is 0 Å². The van der Waals surface area contributed by atoms with Gasteiger partial charge in [0, 0.05) is 20.3 Å². The van der Waals surface area contributed by atoms with Gasteiger partial charge in [0.15, 0.2) is 5.69 Å². The molecule has 0 aliphatic heterocycles. The molecule has 0 radical (unpaired) electrons. The number of hydrogen-bond acceptors (Lipinski definition) is 7. The monoisotopic (exact) mass is 406 g/mol. The van der Waals surface area contributed by atoms with E-state index < -0.39 is 4.92 Å². The van der Waals surface area contributed by atoms with Crippen molar-refractivity contribution in [3.63, 3.8) is 0 Å². The SMILES string of the molecule is CN(C)/C=C/c1nc(OCc2ccccc2)nc(OCc2ccccc2)c1[N+](=O)[O-]. The highest BCUT2D eigenvalue weighted by molar-refractivity contribution is 5.61. The normalized spacial score (nSPS) is 10.7. The summed E-state index contributed by atoms with van der Waals surface area (Å²) in [5, 5.41) is 11.7. The minimum atomic E-state index is -0.545. The van der Waals surface area contributed by atoms with Gasteiger partial charge in [0.2, 0.25) is 0 Å². The number of benzene rings is 2. The van der Waals surface area contributed by atoms with Crippen LogP contribution in [0.2, 0.25) is 0 Å². The minimum Gasteiger partial charge on any atom is -0.468 e. The fourth-order valence-corrected chi connectivity index (χ4v) is 2.55. The Morgan fingerprint density at radius 3 is 2.03 bits per heavy atom. The molecule has 3 aromatic rings. The third-order valence-corrected chi connectivity index (χ3v) is 4.00. The maximum absolute atomic E-state index is 11.7. The zero-order chi connectivity index (χ0) is 21.3. The maximum Gasteiger partial charge on any atom is 0.356 e. The molecule has 0 N–H and O–H groups in total. The first-order valence-electron chi connectivity index (χ1n) is 9.27. The Morgan fingerprint density at radius 2 is 1.50 bits per heavy atom. The number of aromatic nitrogens is 2. The lowest BCUT2D eigenvalue weighted by Crippen LogP contribution is -2.08. The average Bonchev–Trinajstić information content (AvgIpc) is 2.75. The first-order valence-corrected chi connectivity index (χ1v) is 9.27. The summed E-state index contributed by atoms with van der Waals surface area (Å²) in [6.45, 7) is 0.362. The van der Waals surface area contributed by atoms with Crippen molar-refractivity contribution in [3.8, 4) is 11.9 Å². The van der Waals surface area contributed by atoms with Gasteiger partial charge in [0.05, 0.1) is 4.92 Å². The smallest absolute Gasteiger partial charge is 0.356 e. The first-order chi connectivity index (χ1) is 14.5. The summed E-state index contributed by atoms with van der Waals surface area (Å²) in [7, 11) is 3.62. The quantitative estimate of drug-likeness (QED) is 0.391. The number of nitro groups is 1. The number of ether oxygens (including phenoxy) is 2. The lowest BCUT2D eigenvalue weighted by atomic mass is 10.2. The molecule has 0 saturated carbocycles. The molecule has 8 nitrogen and oxygen atoms in total. The van der Waals surface area contributed by atoms with Gasteiger partial charge >= 0.3 is 17.6 Å². The highest BCUT2D eigenvalue weighted by Crippen LogP contribution is 2.31. The van der Waals surface area contributed by atoms with E-state index in [1.54, 1.807) is 11.1 Å². The molecule has 154 valence electrons. The lowest BCUT2D eigenvalue weighted by Gasteiger charge is -2.11. The molecule has 8 heteroatoms. The second-order valence-electron chi connectivity index (χ2n) is 6.63. The van der Waals surface area contributed by atoms with Crippen molar-refractivity contribution < 1.29 is 14.4 Å². The predicted molar refractivity (Wildman–Crippen MR) is 113 cm³/mol. The minimum absolute atomic E-state index is 0.00548. The zero-order valence-electron chi connectivity index (χ0n) is 16.8. The molecule has 2 aromatic carbocycles. The molecule has 3 rings (SSSR count). The van der Waals surface area contributed by atoms with Crippen LogP contribution in [0.5, 0.6) is 11.9 Å². The Balaban J connectivity index is 1.93. The molecule has 0 spiro atoms. The molecular formula is C22H22N4O4. The van der Waals surface area contributed by atoms with Gasteiger partial charge < -0.3 is 14.4 Å². The summed E-state index contributed by atoms with van der Waals surface area (Å²) in [6.07, 6.45) is 3.20. The van der Waals surface area contributed by atoms with Gasteiger partial charge in [-0.1, -0.05) is 60.7 Å². The molecule has 0 fully saturated rings. The number of rotatable bonds is 9. The van der Waals surface area contributed by atoms with Crippen LogP contribution in [0.25, 0.3) is 6.08 Å². The van der Waals surface area contributed by atoms with Gasteiger partial charge in [-0.05, 0) is 17.2 Å². The van der Waals surface area contributed by atoms with Crippen LogP contribution in [0, 0.1) is 10.1 Å². The van der Waals surface area contributed by atoms with E-state index in [9.17, 15) is 10.1 Å². The van der Waals surface area contributed by atoms with E-state index >= 15 is 0 Å². The molecule has 0 atom stereocenters. The second kappa shape index (κ2) is 10.0. The Morgan fingerprint density at radius 1 is 0.933 bits per heavy atom. The van der Waals surface area contributed by atoms with E-state index in [2.05, 4.69) is 9.97 Å². The molecule has 0 aliphatic rings. The van der Waals surface area contributed by atoms with Crippen LogP contribution in [0.15, 0.2) is 66.9 Å². The summed E-state index contributed by atoms with van der Waals surface area (Å²) in [5.41, 5.74) is 1.59. The Bertz CT molecular complexity index is 1010. The van der Waals surface area contributed by atoms with E-state index in [1.807, 2.05) is 74.8 Å². The van der Waals surface area contributed by atoms with Gasteiger partial charge in [-0.15, -0.1) is 0 Å². The number of hydrogen-bond donors (Lipinski definition) is 0. The summed E-state index contributed by atoms with van der Waals surface area (Å²) in [4.78, 5) is 21.3. The zero-order valence-corrected chi connectivity index (χ0v) is 16.8. The first kappa shape index (κ1) is 20.8. The molecule has 1 heterocycles. The molecule has 0 unspecified atom stereocenters. The highest BCUT2D eigenvalue weighted by atomic mass is 16.6. The van der Waals surface area contributed by atoms with Crippen molar-refractivity contribution >= 4 is 11.8 Å². The van der Waals surface area contributed by atoms with Crippen molar-refractivity contribution in [3.05, 3.63) is 93.8 Å². The molecule has 30 heavy (non-hydrogen) atoms. The van der Waals surface area contributed by atoms with Crippen LogP contribution < -0.4 is 9.47 Å². The molecule has 0 aliphatic carbocycles. The molecule has 0 amide bonds. The van der Waals surface area contributed by atoms with Crippen LogP contribution in [0.4, 0.5) is 5.69 Å². The summed E-state index contributed by atoms with van der Waals surface area (Å²) < 4.78 is 11.4. The van der Waals surface area contributed by atoms with Crippen molar-refractivity contribution in [1.82, 2.24) is 14.9 Å². The van der Waals surface area contributed by atoms with Crippen molar-refractivity contribution in [2.24, 2.45) is 0 Å². The van der Waals surface area contributed by atoms with Crippen molar-refractivity contribution in [1.29, 1.82) is 0 Å². The third-order valence-electron chi connectivity index (χ3n) is 4.00. The van der Waals surface area contributed by atoms with Crippen LogP contribution >= 0.6 is 0 Å². The summed E-state index contributed by atoms with van der Waals surface area (Å²) in [6, 6.07) is 18.9. The third kappa shape index (κ3) is 5.78. The average molecular weight is 406 g/mol. The molecular weight excluding hydrogens is 384 g/mol. The highest BCUT2D eigenvalue weighted by Gasteiger charge is 2.26. The van der Waals surface area contributed by atoms with Gasteiger partial charge in [0.25, 0.3) is 0 Å².